The number of hydrogen-bond donors (Lipinski definition) is 3. The van der Waals surface area contributed by atoms with E-state index in [0.717, 1.165) is 6.42 Å². The molecule has 2 rings (SSSR count). The highest BCUT2D eigenvalue weighted by Gasteiger charge is 2.29. The Labute approximate surface area is 106 Å². The van der Waals surface area contributed by atoms with Crippen molar-refractivity contribution in [1.29, 1.82) is 0 Å². The predicted molar refractivity (Wildman–Crippen MR) is 67.4 cm³/mol. The van der Waals surface area contributed by atoms with Gasteiger partial charge in [0.2, 0.25) is 0 Å². The number of carbonyl (C=O) groups excluding carboxylic acids is 1. The third-order valence-corrected chi connectivity index (χ3v) is 3.40. The molecule has 1 fully saturated rings. The number of hydrogen-bond acceptors (Lipinski definition) is 4. The number of nitrogens with two attached hydrogens (primary N) is 1. The number of likely N-dealkylation sites (tertiary alicyclic amines) is 1. The lowest BCUT2D eigenvalue weighted by atomic mass is 10.0. The average Bonchev–Trinajstić information content (AvgIpc) is 2.75. The lowest BCUT2D eigenvalue weighted by molar-refractivity contribution is 0.0785. The second-order valence-electron chi connectivity index (χ2n) is 4.90. The van der Waals surface area contributed by atoms with Crippen LogP contribution >= 0.6 is 0 Å². The van der Waals surface area contributed by atoms with E-state index in [4.69, 9.17) is 5.73 Å². The Bertz CT molecular complexity index is 439. The van der Waals surface area contributed by atoms with E-state index in [1.54, 1.807) is 4.90 Å². The fourth-order valence-electron chi connectivity index (χ4n) is 2.30. The number of phenolic OH excluding ortho intramolecular Hbond substituents is 2. The minimum absolute atomic E-state index is 0.0698. The molecule has 1 aromatic carbocycles. The summed E-state index contributed by atoms with van der Waals surface area (Å²) in [6, 6.07) is 3.99. The third kappa shape index (κ3) is 2.56. The maximum absolute atomic E-state index is 12.2. The molecule has 1 aromatic rings. The monoisotopic (exact) mass is 250 g/mol. The molecule has 18 heavy (non-hydrogen) atoms. The molecule has 5 heteroatoms. The maximum atomic E-state index is 12.2. The molecule has 0 aromatic heterocycles. The van der Waals surface area contributed by atoms with Crippen LogP contribution in [0.2, 0.25) is 0 Å². The van der Waals surface area contributed by atoms with E-state index in [2.05, 4.69) is 0 Å². The van der Waals surface area contributed by atoms with Gasteiger partial charge >= 0.3 is 0 Å². The van der Waals surface area contributed by atoms with E-state index in [0.29, 0.717) is 24.6 Å². The first-order valence-corrected chi connectivity index (χ1v) is 6.05. The van der Waals surface area contributed by atoms with Gasteiger partial charge < -0.3 is 20.8 Å². The summed E-state index contributed by atoms with van der Waals surface area (Å²) in [5.41, 5.74) is 6.13. The summed E-state index contributed by atoms with van der Waals surface area (Å²) in [7, 11) is 0. The van der Waals surface area contributed by atoms with E-state index in [1.165, 1.54) is 18.2 Å². The van der Waals surface area contributed by atoms with Gasteiger partial charge in [0.25, 0.3) is 5.91 Å². The fourth-order valence-corrected chi connectivity index (χ4v) is 2.30. The van der Waals surface area contributed by atoms with Gasteiger partial charge in [0.1, 0.15) is 11.5 Å². The lowest BCUT2D eigenvalue weighted by Gasteiger charge is -2.18. The third-order valence-electron chi connectivity index (χ3n) is 3.40. The van der Waals surface area contributed by atoms with Gasteiger partial charge in [-0.1, -0.05) is 0 Å². The number of phenols is 2. The van der Waals surface area contributed by atoms with Gasteiger partial charge in [-0.3, -0.25) is 4.79 Å². The van der Waals surface area contributed by atoms with Crippen LogP contribution in [0.5, 0.6) is 11.5 Å². The van der Waals surface area contributed by atoms with Crippen LogP contribution in [0.4, 0.5) is 0 Å². The van der Waals surface area contributed by atoms with Crippen LogP contribution in [-0.2, 0) is 0 Å². The Morgan fingerprint density at radius 3 is 2.50 bits per heavy atom. The Morgan fingerprint density at radius 2 is 2.00 bits per heavy atom. The van der Waals surface area contributed by atoms with E-state index < -0.39 is 0 Å². The van der Waals surface area contributed by atoms with Crippen LogP contribution in [0.15, 0.2) is 18.2 Å². The Balaban J connectivity index is 2.12. The summed E-state index contributed by atoms with van der Waals surface area (Å²) >= 11 is 0. The van der Waals surface area contributed by atoms with Gasteiger partial charge in [0, 0.05) is 30.8 Å². The first-order chi connectivity index (χ1) is 8.47. The normalized spacial score (nSPS) is 21.0. The van der Waals surface area contributed by atoms with Crippen LogP contribution in [-0.4, -0.2) is 40.2 Å². The van der Waals surface area contributed by atoms with Gasteiger partial charge in [-0.15, -0.1) is 0 Å². The second-order valence-corrected chi connectivity index (χ2v) is 4.90. The Hall–Kier alpha value is -1.75. The molecule has 1 heterocycles. The Morgan fingerprint density at radius 1 is 1.39 bits per heavy atom. The fraction of sp³-hybridized carbons (Fsp3) is 0.462. The summed E-state index contributed by atoms with van der Waals surface area (Å²) in [5, 5.41) is 18.8. The largest absolute Gasteiger partial charge is 0.508 e. The summed E-state index contributed by atoms with van der Waals surface area (Å²) < 4.78 is 0. The average molecular weight is 250 g/mol. The summed E-state index contributed by atoms with van der Waals surface area (Å²) in [4.78, 5) is 13.9. The van der Waals surface area contributed by atoms with Gasteiger partial charge in [-0.25, -0.2) is 0 Å². The zero-order valence-electron chi connectivity index (χ0n) is 10.3. The van der Waals surface area contributed by atoms with Gasteiger partial charge in [0.05, 0.1) is 0 Å². The molecule has 1 aliphatic heterocycles. The molecule has 0 saturated carbocycles. The van der Waals surface area contributed by atoms with E-state index in [9.17, 15) is 15.0 Å². The number of benzene rings is 1. The van der Waals surface area contributed by atoms with Crippen LogP contribution in [0.3, 0.4) is 0 Å². The zero-order chi connectivity index (χ0) is 13.3. The smallest absolute Gasteiger partial charge is 0.254 e. The number of nitrogens with zero attached hydrogens (tertiary/aromatic N) is 1. The van der Waals surface area contributed by atoms with Gasteiger partial charge in [0.15, 0.2) is 0 Å². The van der Waals surface area contributed by atoms with E-state index in [-0.39, 0.29) is 23.4 Å². The molecule has 5 nitrogen and oxygen atoms in total. The molecule has 0 bridgehead atoms. The molecule has 1 aliphatic rings. The zero-order valence-corrected chi connectivity index (χ0v) is 10.3. The van der Waals surface area contributed by atoms with Crippen molar-refractivity contribution >= 4 is 5.91 Å². The van der Waals surface area contributed by atoms with Crippen molar-refractivity contribution in [3.8, 4) is 11.5 Å². The molecule has 4 N–H and O–H groups in total. The van der Waals surface area contributed by atoms with Crippen molar-refractivity contribution in [2.45, 2.75) is 19.4 Å². The number of rotatable bonds is 2. The maximum Gasteiger partial charge on any atom is 0.254 e. The number of aromatic hydroxyl groups is 2. The number of amides is 1. The predicted octanol–water partition coefficient (Wildman–Crippen LogP) is 0.907. The van der Waals surface area contributed by atoms with Gasteiger partial charge in [-0.2, -0.15) is 0 Å². The lowest BCUT2D eigenvalue weighted by Crippen LogP contribution is -2.32. The van der Waals surface area contributed by atoms with Crippen molar-refractivity contribution in [2.75, 3.05) is 13.1 Å². The van der Waals surface area contributed by atoms with Crippen LogP contribution in [0, 0.1) is 5.92 Å². The quantitative estimate of drug-likeness (QED) is 0.728. The van der Waals surface area contributed by atoms with Crippen LogP contribution < -0.4 is 5.73 Å². The molecule has 98 valence electrons. The first kappa shape index (κ1) is 12.7. The molecule has 1 saturated heterocycles. The molecule has 1 amide bonds. The molecule has 0 radical (unpaired) electrons. The molecule has 0 spiro atoms. The highest BCUT2D eigenvalue weighted by Crippen LogP contribution is 2.25. The minimum Gasteiger partial charge on any atom is -0.508 e. The van der Waals surface area contributed by atoms with Crippen molar-refractivity contribution in [2.24, 2.45) is 11.7 Å². The summed E-state index contributed by atoms with van der Waals surface area (Å²) in [6.45, 7) is 3.24. The second kappa shape index (κ2) is 4.86. The van der Waals surface area contributed by atoms with E-state index in [1.807, 2.05) is 6.92 Å². The molecule has 2 unspecified atom stereocenters. The highest BCUT2D eigenvalue weighted by molar-refractivity contribution is 5.95. The van der Waals surface area contributed by atoms with Crippen LogP contribution in [0.25, 0.3) is 0 Å². The molecule has 0 aliphatic carbocycles. The standard InChI is InChI=1S/C13H18N2O3/c1-8(14)9-2-3-15(7-9)13(18)10-4-11(16)6-12(17)5-10/h4-6,8-9,16-17H,2-3,7,14H2,1H3. The minimum atomic E-state index is -0.177. The van der Waals surface area contributed by atoms with Crippen molar-refractivity contribution in [3.05, 3.63) is 23.8 Å². The van der Waals surface area contributed by atoms with Crippen molar-refractivity contribution < 1.29 is 15.0 Å². The van der Waals surface area contributed by atoms with Crippen molar-refractivity contribution in [3.63, 3.8) is 0 Å². The summed E-state index contributed by atoms with van der Waals surface area (Å²) in [6.07, 6.45) is 0.897. The molecule has 2 atom stereocenters. The van der Waals surface area contributed by atoms with Crippen LogP contribution in [0.1, 0.15) is 23.7 Å². The Kier molecular flexibility index (Phi) is 3.43. The SMILES string of the molecule is CC(N)C1CCN(C(=O)c2cc(O)cc(O)c2)C1. The molecular weight excluding hydrogens is 232 g/mol. The number of carbonyl (C=O) groups is 1. The van der Waals surface area contributed by atoms with Gasteiger partial charge in [-0.05, 0) is 31.4 Å². The van der Waals surface area contributed by atoms with E-state index >= 15 is 0 Å². The topological polar surface area (TPSA) is 86.8 Å². The first-order valence-electron chi connectivity index (χ1n) is 6.05. The molecular formula is C13H18N2O3. The summed E-state index contributed by atoms with van der Waals surface area (Å²) in [5.74, 6) is -0.0771. The van der Waals surface area contributed by atoms with Crippen molar-refractivity contribution in [1.82, 2.24) is 4.90 Å². The highest BCUT2D eigenvalue weighted by atomic mass is 16.3.